The van der Waals surface area contributed by atoms with E-state index in [0.29, 0.717) is 0 Å². The number of rotatable bonds is 3. The van der Waals surface area contributed by atoms with Gasteiger partial charge in [-0.15, -0.1) is 0 Å². The summed E-state index contributed by atoms with van der Waals surface area (Å²) in [4.78, 5) is 4.05. The predicted octanol–water partition coefficient (Wildman–Crippen LogP) is 1.95. The maximum Gasteiger partial charge on any atom is 0.0410 e. The number of nitrogens with zero attached hydrogens (tertiary/aromatic N) is 1. The smallest absolute Gasteiger partial charge is 0.0410 e. The summed E-state index contributed by atoms with van der Waals surface area (Å²) in [5.74, 6) is 0. The zero-order valence-electron chi connectivity index (χ0n) is 6.47. The van der Waals surface area contributed by atoms with Crippen molar-refractivity contribution in [2.45, 2.75) is 13.5 Å². The molecule has 0 aliphatic heterocycles. The summed E-state index contributed by atoms with van der Waals surface area (Å²) in [5.41, 5.74) is 1.21. The third-order valence-corrected chi connectivity index (χ3v) is 1.77. The topological polar surface area (TPSA) is 24.9 Å². The first kappa shape index (κ1) is 8.68. The average molecular weight is 215 g/mol. The van der Waals surface area contributed by atoms with E-state index in [0.717, 1.165) is 17.6 Å². The molecule has 60 valence electrons. The number of hydrogen-bond acceptors (Lipinski definition) is 2. The number of hydrogen-bond donors (Lipinski definition) is 1. The second-order valence-electron chi connectivity index (χ2n) is 2.29. The van der Waals surface area contributed by atoms with Crippen LogP contribution in [0.1, 0.15) is 12.5 Å². The van der Waals surface area contributed by atoms with E-state index in [4.69, 9.17) is 0 Å². The fourth-order valence-corrected chi connectivity index (χ4v) is 1.23. The van der Waals surface area contributed by atoms with Crippen LogP contribution in [0, 0.1) is 0 Å². The predicted molar refractivity (Wildman–Crippen MR) is 49.3 cm³/mol. The Morgan fingerprint density at radius 3 is 3.00 bits per heavy atom. The van der Waals surface area contributed by atoms with E-state index in [1.807, 2.05) is 6.20 Å². The van der Waals surface area contributed by atoms with Crippen molar-refractivity contribution < 1.29 is 0 Å². The zero-order valence-corrected chi connectivity index (χ0v) is 8.06. The Balaban J connectivity index is 2.56. The van der Waals surface area contributed by atoms with Gasteiger partial charge in [0.1, 0.15) is 0 Å². The molecule has 1 N–H and O–H groups in total. The van der Waals surface area contributed by atoms with Gasteiger partial charge in [0.25, 0.3) is 0 Å². The van der Waals surface area contributed by atoms with Crippen LogP contribution in [0.25, 0.3) is 0 Å². The van der Waals surface area contributed by atoms with Crippen molar-refractivity contribution in [1.82, 2.24) is 10.3 Å². The number of halogens is 1. The van der Waals surface area contributed by atoms with Crippen LogP contribution in [-0.2, 0) is 6.54 Å². The van der Waals surface area contributed by atoms with E-state index in [9.17, 15) is 0 Å². The molecular weight excluding hydrogens is 204 g/mol. The van der Waals surface area contributed by atoms with E-state index in [2.05, 4.69) is 39.2 Å². The highest BCUT2D eigenvalue weighted by Crippen LogP contribution is 2.08. The van der Waals surface area contributed by atoms with E-state index in [1.165, 1.54) is 5.56 Å². The van der Waals surface area contributed by atoms with Gasteiger partial charge < -0.3 is 5.32 Å². The fraction of sp³-hybridized carbons (Fsp3) is 0.375. The monoisotopic (exact) mass is 214 g/mol. The Bertz CT molecular complexity index is 225. The van der Waals surface area contributed by atoms with Crippen LogP contribution in [0.15, 0.2) is 22.9 Å². The van der Waals surface area contributed by atoms with Crippen LogP contribution in [0.4, 0.5) is 0 Å². The fourth-order valence-electron chi connectivity index (χ4n) is 0.822. The molecule has 1 aromatic heterocycles. The molecule has 0 saturated heterocycles. The minimum Gasteiger partial charge on any atom is -0.313 e. The van der Waals surface area contributed by atoms with Gasteiger partial charge in [-0.25, -0.2) is 0 Å². The van der Waals surface area contributed by atoms with Crippen LogP contribution in [0.5, 0.6) is 0 Å². The second-order valence-corrected chi connectivity index (χ2v) is 3.21. The summed E-state index contributed by atoms with van der Waals surface area (Å²) in [6.07, 6.45) is 3.66. The molecule has 0 aliphatic carbocycles. The molecule has 11 heavy (non-hydrogen) atoms. The van der Waals surface area contributed by atoms with Crippen LogP contribution in [0.3, 0.4) is 0 Å². The molecule has 0 unspecified atom stereocenters. The first-order valence-corrected chi connectivity index (χ1v) is 4.42. The quantitative estimate of drug-likeness (QED) is 0.833. The largest absolute Gasteiger partial charge is 0.313 e. The Hall–Kier alpha value is -0.410. The molecule has 3 heteroatoms. The first-order chi connectivity index (χ1) is 5.33. The molecule has 1 rings (SSSR count). The standard InChI is InChI=1S/C8H11BrN2/c1-2-10-4-7-3-8(9)6-11-5-7/h3,5-6,10H,2,4H2,1H3. The SMILES string of the molecule is CCNCc1cncc(Br)c1. The van der Waals surface area contributed by atoms with Gasteiger partial charge in [-0.3, -0.25) is 4.98 Å². The molecule has 1 aromatic rings. The average Bonchev–Trinajstić information content (AvgIpc) is 2.01. The summed E-state index contributed by atoms with van der Waals surface area (Å²) < 4.78 is 1.04. The highest BCUT2D eigenvalue weighted by molar-refractivity contribution is 9.10. The summed E-state index contributed by atoms with van der Waals surface area (Å²) in [5, 5.41) is 3.23. The highest BCUT2D eigenvalue weighted by Gasteiger charge is 1.91. The Labute approximate surface area is 75.2 Å². The van der Waals surface area contributed by atoms with Gasteiger partial charge in [0.2, 0.25) is 0 Å². The maximum absolute atomic E-state index is 4.05. The molecule has 1 heterocycles. The minimum atomic E-state index is 0.892. The summed E-state index contributed by atoms with van der Waals surface area (Å²) in [7, 11) is 0. The van der Waals surface area contributed by atoms with E-state index in [1.54, 1.807) is 6.20 Å². The third-order valence-electron chi connectivity index (χ3n) is 1.34. The van der Waals surface area contributed by atoms with Crippen molar-refractivity contribution in [3.8, 4) is 0 Å². The van der Waals surface area contributed by atoms with Gasteiger partial charge >= 0.3 is 0 Å². The molecule has 0 spiro atoms. The Morgan fingerprint density at radius 1 is 1.55 bits per heavy atom. The molecule has 0 amide bonds. The zero-order chi connectivity index (χ0) is 8.10. The summed E-state index contributed by atoms with van der Waals surface area (Å²) in [6, 6.07) is 2.07. The lowest BCUT2D eigenvalue weighted by molar-refractivity contribution is 0.724. The normalized spacial score (nSPS) is 10.0. The molecule has 0 saturated carbocycles. The summed E-state index contributed by atoms with van der Waals surface area (Å²) >= 11 is 3.36. The summed E-state index contributed by atoms with van der Waals surface area (Å²) in [6.45, 7) is 3.97. The van der Waals surface area contributed by atoms with Crippen molar-refractivity contribution in [2.24, 2.45) is 0 Å². The number of nitrogens with one attached hydrogen (secondary N) is 1. The molecule has 0 radical (unpaired) electrons. The van der Waals surface area contributed by atoms with E-state index >= 15 is 0 Å². The van der Waals surface area contributed by atoms with Gasteiger partial charge in [-0.1, -0.05) is 6.92 Å². The van der Waals surface area contributed by atoms with Crippen LogP contribution in [-0.4, -0.2) is 11.5 Å². The van der Waals surface area contributed by atoms with Crippen LogP contribution in [0.2, 0.25) is 0 Å². The molecule has 0 aromatic carbocycles. The maximum atomic E-state index is 4.05. The number of aromatic nitrogens is 1. The van der Waals surface area contributed by atoms with Crippen LogP contribution >= 0.6 is 15.9 Å². The molecule has 0 atom stereocenters. The van der Waals surface area contributed by atoms with Crippen molar-refractivity contribution in [1.29, 1.82) is 0 Å². The highest BCUT2D eigenvalue weighted by atomic mass is 79.9. The van der Waals surface area contributed by atoms with Gasteiger partial charge in [0, 0.05) is 23.4 Å². The van der Waals surface area contributed by atoms with Crippen molar-refractivity contribution in [3.05, 3.63) is 28.5 Å². The number of pyridine rings is 1. The third kappa shape index (κ3) is 2.99. The molecule has 2 nitrogen and oxygen atoms in total. The lowest BCUT2D eigenvalue weighted by Gasteiger charge is -2.00. The van der Waals surface area contributed by atoms with Crippen molar-refractivity contribution >= 4 is 15.9 Å². The van der Waals surface area contributed by atoms with Gasteiger partial charge in [0.05, 0.1) is 0 Å². The lowest BCUT2D eigenvalue weighted by Crippen LogP contribution is -2.11. The van der Waals surface area contributed by atoms with Gasteiger partial charge in [-0.05, 0) is 34.1 Å². The van der Waals surface area contributed by atoms with Crippen LogP contribution < -0.4 is 5.32 Å². The second kappa shape index (κ2) is 4.46. The van der Waals surface area contributed by atoms with Crippen molar-refractivity contribution in [3.63, 3.8) is 0 Å². The molecular formula is C8H11BrN2. The molecule has 0 aliphatic rings. The van der Waals surface area contributed by atoms with E-state index < -0.39 is 0 Å². The first-order valence-electron chi connectivity index (χ1n) is 3.63. The molecule has 0 bridgehead atoms. The molecule has 0 fully saturated rings. The minimum absolute atomic E-state index is 0.892. The Morgan fingerprint density at radius 2 is 2.36 bits per heavy atom. The van der Waals surface area contributed by atoms with Gasteiger partial charge in [0.15, 0.2) is 0 Å². The van der Waals surface area contributed by atoms with Gasteiger partial charge in [-0.2, -0.15) is 0 Å². The van der Waals surface area contributed by atoms with E-state index in [-0.39, 0.29) is 0 Å². The lowest BCUT2D eigenvalue weighted by atomic mass is 10.3. The Kier molecular flexibility index (Phi) is 3.52. The van der Waals surface area contributed by atoms with Crippen molar-refractivity contribution in [2.75, 3.05) is 6.54 Å².